The number of carbonyl (C=O) groups is 1. The van der Waals surface area contributed by atoms with Crippen LogP contribution in [0.15, 0.2) is 12.2 Å². The molecule has 450 valence electrons. The second kappa shape index (κ2) is 48.4. The van der Waals surface area contributed by atoms with Gasteiger partial charge < -0.3 is 65.1 Å². The van der Waals surface area contributed by atoms with E-state index in [0.29, 0.717) is 6.42 Å². The summed E-state index contributed by atoms with van der Waals surface area (Å²) in [7, 11) is 0. The van der Waals surface area contributed by atoms with E-state index in [1.54, 1.807) is 6.08 Å². The molecule has 2 saturated heterocycles. The van der Waals surface area contributed by atoms with Crippen molar-refractivity contribution < 1.29 is 64.6 Å². The number of rotatable bonds is 52. The highest BCUT2D eigenvalue weighted by atomic mass is 16.7. The first kappa shape index (κ1) is 70.8. The van der Waals surface area contributed by atoms with Gasteiger partial charge in [-0.2, -0.15) is 0 Å². The number of allylic oxidation sites excluding steroid dienone is 1. The number of ether oxygens (including phenoxy) is 4. The molecule has 12 atom stereocenters. The summed E-state index contributed by atoms with van der Waals surface area (Å²) in [5.41, 5.74) is 0. The third-order valence-electron chi connectivity index (χ3n) is 16.0. The Labute approximate surface area is 463 Å². The SMILES string of the molecule is CCCCCCCCCCCCC/C=C/[C@@H](O)[C@H](CO[C@@H]1O[C@H](CO)[C@@H](O[C@@H]2O[C@H](CO)[C@H](O)C(O)C2O)C(O)C1O)NC(=O)CCCCCCCCCCCCCCCCCCCCCCCCCCCCCCC. The van der Waals surface area contributed by atoms with Crippen molar-refractivity contribution in [3.8, 4) is 0 Å². The van der Waals surface area contributed by atoms with Crippen molar-refractivity contribution in [2.45, 2.75) is 357 Å². The number of hydrogen-bond donors (Lipinski definition) is 9. The molecule has 0 aromatic heterocycles. The summed E-state index contributed by atoms with van der Waals surface area (Å²) in [5, 5.41) is 87.1. The van der Waals surface area contributed by atoms with Crippen LogP contribution in [0.1, 0.15) is 284 Å². The summed E-state index contributed by atoms with van der Waals surface area (Å²) >= 11 is 0. The fourth-order valence-electron chi connectivity index (χ4n) is 10.8. The first-order chi connectivity index (χ1) is 37.1. The van der Waals surface area contributed by atoms with Crippen molar-refractivity contribution in [2.75, 3.05) is 19.8 Å². The summed E-state index contributed by atoms with van der Waals surface area (Å²) < 4.78 is 22.8. The Balaban J connectivity index is 1.65. The minimum absolute atomic E-state index is 0.234. The third-order valence-corrected chi connectivity index (χ3v) is 16.0. The van der Waals surface area contributed by atoms with Crippen LogP contribution in [0.3, 0.4) is 0 Å². The Morgan fingerprint density at radius 2 is 0.816 bits per heavy atom. The van der Waals surface area contributed by atoms with E-state index in [9.17, 15) is 45.6 Å². The molecule has 2 fully saturated rings. The Hall–Kier alpha value is -1.27. The summed E-state index contributed by atoms with van der Waals surface area (Å²) in [5.74, 6) is -0.234. The minimum Gasteiger partial charge on any atom is -0.394 e. The molecule has 1 amide bonds. The lowest BCUT2D eigenvalue weighted by Crippen LogP contribution is -2.65. The standard InChI is InChI=1S/C62H119NO13/c1-3-5-7-9-11-13-15-17-18-19-20-21-22-23-24-25-26-27-28-29-30-31-32-34-36-38-40-42-44-46-54(67)63-50(51(66)45-43-41-39-37-35-33-16-14-12-10-8-6-4-2)49-73-61-59(72)57(70)60(53(48-65)75-61)76-62-58(71)56(69)55(68)52(47-64)74-62/h43,45,50-53,55-62,64-66,68-72H,3-42,44,46-49H2,1-2H3,(H,63,67)/b45-43+/t50-,51+,52+,53+,55-,56?,57?,58?,59?,60+,61+,62-/m0/s1. The number of carbonyl (C=O) groups excluding carboxylic acids is 1. The fraction of sp³-hybridized carbons (Fsp3) is 0.952. The van der Waals surface area contributed by atoms with Crippen molar-refractivity contribution in [3.63, 3.8) is 0 Å². The molecular formula is C62H119NO13. The van der Waals surface area contributed by atoms with Crippen molar-refractivity contribution in [3.05, 3.63) is 12.2 Å². The van der Waals surface area contributed by atoms with Gasteiger partial charge in [0.25, 0.3) is 0 Å². The molecule has 4 unspecified atom stereocenters. The highest BCUT2D eigenvalue weighted by Gasteiger charge is 2.51. The predicted molar refractivity (Wildman–Crippen MR) is 305 cm³/mol. The van der Waals surface area contributed by atoms with E-state index in [2.05, 4.69) is 19.2 Å². The molecule has 0 bridgehead atoms. The van der Waals surface area contributed by atoms with Crippen LogP contribution in [0.5, 0.6) is 0 Å². The van der Waals surface area contributed by atoms with Gasteiger partial charge in [0, 0.05) is 6.42 Å². The van der Waals surface area contributed by atoms with Crippen LogP contribution in [0.2, 0.25) is 0 Å². The molecule has 2 rings (SSSR count). The van der Waals surface area contributed by atoms with Gasteiger partial charge in [0.15, 0.2) is 12.6 Å². The minimum atomic E-state index is -1.79. The summed E-state index contributed by atoms with van der Waals surface area (Å²) in [6.45, 7) is 2.82. The molecule has 76 heavy (non-hydrogen) atoms. The first-order valence-corrected chi connectivity index (χ1v) is 31.9. The average Bonchev–Trinajstić information content (AvgIpc) is 3.42. The van der Waals surface area contributed by atoms with Gasteiger partial charge in [-0.15, -0.1) is 0 Å². The van der Waals surface area contributed by atoms with Crippen molar-refractivity contribution in [1.29, 1.82) is 0 Å². The Bertz CT molecular complexity index is 1330. The van der Waals surface area contributed by atoms with Crippen molar-refractivity contribution in [1.82, 2.24) is 5.32 Å². The second-order valence-electron chi connectivity index (χ2n) is 22.9. The van der Waals surface area contributed by atoms with E-state index in [1.807, 2.05) is 6.08 Å². The smallest absolute Gasteiger partial charge is 0.220 e. The van der Waals surface area contributed by atoms with Gasteiger partial charge in [-0.1, -0.05) is 270 Å². The van der Waals surface area contributed by atoms with Gasteiger partial charge in [0.2, 0.25) is 5.91 Å². The zero-order chi connectivity index (χ0) is 55.3. The molecule has 0 aliphatic carbocycles. The van der Waals surface area contributed by atoms with Gasteiger partial charge >= 0.3 is 0 Å². The Morgan fingerprint density at radius 3 is 1.21 bits per heavy atom. The van der Waals surface area contributed by atoms with Crippen LogP contribution in [0.4, 0.5) is 0 Å². The number of nitrogens with one attached hydrogen (secondary N) is 1. The van der Waals surface area contributed by atoms with Gasteiger partial charge in [0.05, 0.1) is 32.0 Å². The van der Waals surface area contributed by atoms with E-state index < -0.39 is 86.8 Å². The maximum absolute atomic E-state index is 13.3. The molecule has 0 aromatic carbocycles. The number of unbranched alkanes of at least 4 members (excludes halogenated alkanes) is 39. The quantitative estimate of drug-likeness (QED) is 0.0204. The highest BCUT2D eigenvalue weighted by Crippen LogP contribution is 2.30. The summed E-state index contributed by atoms with van der Waals surface area (Å²) in [4.78, 5) is 13.3. The number of aliphatic hydroxyl groups excluding tert-OH is 8. The van der Waals surface area contributed by atoms with Crippen molar-refractivity contribution in [2.24, 2.45) is 0 Å². The number of aliphatic hydroxyl groups is 8. The lowest BCUT2D eigenvalue weighted by molar-refractivity contribution is -0.359. The normalized spacial score (nSPS) is 24.9. The van der Waals surface area contributed by atoms with Gasteiger partial charge in [-0.05, 0) is 19.3 Å². The zero-order valence-corrected chi connectivity index (χ0v) is 48.5. The molecule has 0 aromatic rings. The fourth-order valence-corrected chi connectivity index (χ4v) is 10.8. The zero-order valence-electron chi connectivity index (χ0n) is 48.5. The largest absolute Gasteiger partial charge is 0.394 e. The third kappa shape index (κ3) is 33.5. The summed E-state index contributed by atoms with van der Waals surface area (Å²) in [6, 6.07) is -0.909. The van der Waals surface area contributed by atoms with Crippen LogP contribution in [0.25, 0.3) is 0 Å². The lowest BCUT2D eigenvalue weighted by atomic mass is 9.97. The van der Waals surface area contributed by atoms with Crippen LogP contribution < -0.4 is 5.32 Å². The number of amides is 1. The average molecular weight is 1090 g/mol. The second-order valence-corrected chi connectivity index (χ2v) is 22.9. The Kier molecular flexibility index (Phi) is 45.1. The van der Waals surface area contributed by atoms with Crippen LogP contribution in [-0.4, -0.2) is 140 Å². The first-order valence-electron chi connectivity index (χ1n) is 31.9. The topological polar surface area (TPSA) is 228 Å². The molecule has 9 N–H and O–H groups in total. The van der Waals surface area contributed by atoms with Crippen molar-refractivity contribution >= 4 is 5.91 Å². The van der Waals surface area contributed by atoms with E-state index >= 15 is 0 Å². The molecule has 0 spiro atoms. The molecule has 0 radical (unpaired) electrons. The monoisotopic (exact) mass is 1090 g/mol. The van der Waals surface area contributed by atoms with Crippen LogP contribution in [-0.2, 0) is 23.7 Å². The maximum Gasteiger partial charge on any atom is 0.220 e. The van der Waals surface area contributed by atoms with E-state index in [-0.39, 0.29) is 18.9 Å². The Morgan fingerprint density at radius 1 is 0.461 bits per heavy atom. The molecule has 14 nitrogen and oxygen atoms in total. The van der Waals surface area contributed by atoms with Crippen LogP contribution >= 0.6 is 0 Å². The highest BCUT2D eigenvalue weighted by molar-refractivity contribution is 5.76. The van der Waals surface area contributed by atoms with E-state index in [4.69, 9.17) is 18.9 Å². The maximum atomic E-state index is 13.3. The van der Waals surface area contributed by atoms with Gasteiger partial charge in [-0.25, -0.2) is 0 Å². The summed E-state index contributed by atoms with van der Waals surface area (Å²) in [6.07, 6.45) is 39.9. The molecule has 14 heteroatoms. The molecular weight excluding hydrogens is 967 g/mol. The lowest BCUT2D eigenvalue weighted by Gasteiger charge is -2.46. The van der Waals surface area contributed by atoms with Gasteiger partial charge in [0.1, 0.15) is 48.8 Å². The van der Waals surface area contributed by atoms with Crippen LogP contribution in [0, 0.1) is 0 Å². The van der Waals surface area contributed by atoms with Gasteiger partial charge in [-0.3, -0.25) is 4.79 Å². The number of hydrogen-bond acceptors (Lipinski definition) is 13. The predicted octanol–water partition coefficient (Wildman–Crippen LogP) is 11.5. The molecule has 2 aliphatic rings. The molecule has 2 heterocycles. The van der Waals surface area contributed by atoms with E-state index in [1.165, 1.54) is 218 Å². The molecule has 2 aliphatic heterocycles. The molecule has 0 saturated carbocycles. The van der Waals surface area contributed by atoms with E-state index in [0.717, 1.165) is 38.5 Å².